The van der Waals surface area contributed by atoms with Crippen molar-refractivity contribution in [3.8, 4) is 6.07 Å². The van der Waals surface area contributed by atoms with Gasteiger partial charge in [-0.3, -0.25) is 0 Å². The van der Waals surface area contributed by atoms with E-state index in [1.54, 1.807) is 24.4 Å². The highest BCUT2D eigenvalue weighted by molar-refractivity contribution is 5.45. The predicted molar refractivity (Wildman–Crippen MR) is 67.5 cm³/mol. The lowest BCUT2D eigenvalue weighted by Crippen LogP contribution is -2.05. The van der Waals surface area contributed by atoms with E-state index in [1.165, 1.54) is 12.1 Å². The summed E-state index contributed by atoms with van der Waals surface area (Å²) in [6.07, 6.45) is 2.39. The lowest BCUT2D eigenvalue weighted by atomic mass is 10.1. The molecule has 0 saturated carbocycles. The zero-order valence-electron chi connectivity index (χ0n) is 9.73. The first-order valence-corrected chi connectivity index (χ1v) is 5.62. The number of hydrogen-bond donors (Lipinski definition) is 1. The third-order valence-electron chi connectivity index (χ3n) is 2.53. The van der Waals surface area contributed by atoms with Crippen molar-refractivity contribution in [1.82, 2.24) is 4.98 Å². The van der Waals surface area contributed by atoms with Crippen molar-refractivity contribution in [3.63, 3.8) is 0 Å². The van der Waals surface area contributed by atoms with Gasteiger partial charge < -0.3 is 5.32 Å². The number of hydrogen-bond acceptors (Lipinski definition) is 3. The number of aromatic nitrogens is 1. The maximum atomic E-state index is 12.7. The molecule has 2 aromatic rings. The quantitative estimate of drug-likeness (QED) is 0.895. The summed E-state index contributed by atoms with van der Waals surface area (Å²) >= 11 is 0. The summed E-state index contributed by atoms with van der Waals surface area (Å²) in [4.78, 5) is 3.89. The molecule has 0 bridgehead atoms. The van der Waals surface area contributed by atoms with Crippen molar-refractivity contribution in [3.05, 3.63) is 59.7 Å². The summed E-state index contributed by atoms with van der Waals surface area (Å²) in [6.45, 7) is 0.723. The average molecular weight is 241 g/mol. The standard InChI is InChI=1S/C14H12FN3/c15-12-3-1-11(2-4-12)5-7-17-13-6-8-18-14(9-13)10-16/h1-4,6,8-9H,5,7H2,(H,17,18). The van der Waals surface area contributed by atoms with Gasteiger partial charge in [0.1, 0.15) is 17.6 Å². The van der Waals surface area contributed by atoms with Crippen molar-refractivity contribution < 1.29 is 4.39 Å². The van der Waals surface area contributed by atoms with Crippen LogP contribution in [0.5, 0.6) is 0 Å². The maximum absolute atomic E-state index is 12.7. The van der Waals surface area contributed by atoms with E-state index < -0.39 is 0 Å². The van der Waals surface area contributed by atoms with Gasteiger partial charge in [-0.05, 0) is 36.2 Å². The molecular formula is C14H12FN3. The molecule has 1 aromatic carbocycles. The van der Waals surface area contributed by atoms with E-state index in [4.69, 9.17) is 5.26 Å². The Bertz CT molecular complexity index is 558. The van der Waals surface area contributed by atoms with E-state index in [2.05, 4.69) is 10.3 Å². The van der Waals surface area contributed by atoms with Gasteiger partial charge in [-0.15, -0.1) is 0 Å². The second-order valence-electron chi connectivity index (χ2n) is 3.84. The van der Waals surface area contributed by atoms with Gasteiger partial charge in [0.25, 0.3) is 0 Å². The first-order valence-electron chi connectivity index (χ1n) is 5.62. The molecule has 4 heteroatoms. The predicted octanol–water partition coefficient (Wildman–Crippen LogP) is 2.75. The number of nitriles is 1. The molecule has 0 aliphatic carbocycles. The van der Waals surface area contributed by atoms with Gasteiger partial charge in [0, 0.05) is 18.4 Å². The molecular weight excluding hydrogens is 229 g/mol. The molecule has 0 fully saturated rings. The lowest BCUT2D eigenvalue weighted by Gasteiger charge is -2.06. The summed E-state index contributed by atoms with van der Waals surface area (Å²) in [6, 6.07) is 11.9. The second-order valence-corrected chi connectivity index (χ2v) is 3.84. The van der Waals surface area contributed by atoms with Crippen LogP contribution in [0.3, 0.4) is 0 Å². The average Bonchev–Trinajstić information content (AvgIpc) is 2.41. The molecule has 18 heavy (non-hydrogen) atoms. The number of benzene rings is 1. The number of rotatable bonds is 4. The Kier molecular flexibility index (Phi) is 3.87. The minimum Gasteiger partial charge on any atom is -0.385 e. The molecule has 1 aromatic heterocycles. The summed E-state index contributed by atoms with van der Waals surface area (Å²) in [5.74, 6) is -0.223. The van der Waals surface area contributed by atoms with Crippen LogP contribution in [0.4, 0.5) is 10.1 Å². The summed E-state index contributed by atoms with van der Waals surface area (Å²) in [5.41, 5.74) is 2.32. The summed E-state index contributed by atoms with van der Waals surface area (Å²) in [7, 11) is 0. The zero-order valence-corrected chi connectivity index (χ0v) is 9.73. The summed E-state index contributed by atoms with van der Waals surface area (Å²) < 4.78 is 12.7. The smallest absolute Gasteiger partial charge is 0.142 e. The van der Waals surface area contributed by atoms with Gasteiger partial charge in [-0.25, -0.2) is 9.37 Å². The Morgan fingerprint density at radius 3 is 2.72 bits per heavy atom. The fourth-order valence-corrected chi connectivity index (χ4v) is 1.60. The molecule has 0 unspecified atom stereocenters. The van der Waals surface area contributed by atoms with Crippen LogP contribution in [0.2, 0.25) is 0 Å². The number of nitrogens with one attached hydrogen (secondary N) is 1. The molecule has 0 amide bonds. The van der Waals surface area contributed by atoms with E-state index >= 15 is 0 Å². The van der Waals surface area contributed by atoms with E-state index in [0.717, 1.165) is 24.2 Å². The van der Waals surface area contributed by atoms with E-state index in [0.29, 0.717) is 5.69 Å². The van der Waals surface area contributed by atoms with Crippen LogP contribution in [0, 0.1) is 17.1 Å². The SMILES string of the molecule is N#Cc1cc(NCCc2ccc(F)cc2)ccn1. The van der Waals surface area contributed by atoms with Gasteiger partial charge in [0.05, 0.1) is 0 Å². The molecule has 0 atom stereocenters. The van der Waals surface area contributed by atoms with Gasteiger partial charge in [0.2, 0.25) is 0 Å². The van der Waals surface area contributed by atoms with Crippen molar-refractivity contribution in [1.29, 1.82) is 5.26 Å². The van der Waals surface area contributed by atoms with Crippen molar-refractivity contribution in [2.75, 3.05) is 11.9 Å². The second kappa shape index (κ2) is 5.78. The Morgan fingerprint density at radius 1 is 1.22 bits per heavy atom. The third kappa shape index (κ3) is 3.29. The Labute approximate surface area is 105 Å². The third-order valence-corrected chi connectivity index (χ3v) is 2.53. The van der Waals surface area contributed by atoms with Gasteiger partial charge in [-0.1, -0.05) is 12.1 Å². The number of halogens is 1. The highest BCUT2D eigenvalue weighted by Crippen LogP contribution is 2.08. The van der Waals surface area contributed by atoms with Gasteiger partial charge in [0.15, 0.2) is 0 Å². The summed E-state index contributed by atoms with van der Waals surface area (Å²) in [5, 5.41) is 11.9. The van der Waals surface area contributed by atoms with Gasteiger partial charge >= 0.3 is 0 Å². The minimum atomic E-state index is -0.223. The number of nitrogens with zero attached hydrogens (tertiary/aromatic N) is 2. The monoisotopic (exact) mass is 241 g/mol. The largest absolute Gasteiger partial charge is 0.385 e. The molecule has 3 nitrogen and oxygen atoms in total. The Balaban J connectivity index is 1.88. The molecule has 90 valence electrons. The number of pyridine rings is 1. The highest BCUT2D eigenvalue weighted by Gasteiger charge is 1.97. The van der Waals surface area contributed by atoms with Gasteiger partial charge in [-0.2, -0.15) is 5.26 Å². The molecule has 0 radical (unpaired) electrons. The number of anilines is 1. The Morgan fingerprint density at radius 2 is 2.00 bits per heavy atom. The molecule has 0 aliphatic heterocycles. The molecule has 0 saturated heterocycles. The first kappa shape index (κ1) is 12.1. The first-order chi connectivity index (χ1) is 8.78. The van der Waals surface area contributed by atoms with Crippen LogP contribution in [0.15, 0.2) is 42.6 Å². The zero-order chi connectivity index (χ0) is 12.8. The van der Waals surface area contributed by atoms with E-state index in [-0.39, 0.29) is 5.82 Å². The topological polar surface area (TPSA) is 48.7 Å². The Hall–Kier alpha value is -2.41. The van der Waals surface area contributed by atoms with Crippen LogP contribution >= 0.6 is 0 Å². The normalized spacial score (nSPS) is 9.78. The van der Waals surface area contributed by atoms with Crippen LogP contribution in [0.25, 0.3) is 0 Å². The fourth-order valence-electron chi connectivity index (χ4n) is 1.60. The molecule has 1 heterocycles. The highest BCUT2D eigenvalue weighted by atomic mass is 19.1. The van der Waals surface area contributed by atoms with Crippen LogP contribution in [-0.4, -0.2) is 11.5 Å². The molecule has 1 N–H and O–H groups in total. The van der Waals surface area contributed by atoms with Crippen LogP contribution in [-0.2, 0) is 6.42 Å². The maximum Gasteiger partial charge on any atom is 0.142 e. The van der Waals surface area contributed by atoms with Crippen molar-refractivity contribution >= 4 is 5.69 Å². The molecule has 0 aliphatic rings. The van der Waals surface area contributed by atoms with Crippen LogP contribution < -0.4 is 5.32 Å². The van der Waals surface area contributed by atoms with E-state index in [9.17, 15) is 4.39 Å². The fraction of sp³-hybridized carbons (Fsp3) is 0.143. The lowest BCUT2D eigenvalue weighted by molar-refractivity contribution is 0.627. The van der Waals surface area contributed by atoms with Crippen molar-refractivity contribution in [2.45, 2.75) is 6.42 Å². The van der Waals surface area contributed by atoms with E-state index in [1.807, 2.05) is 12.1 Å². The van der Waals surface area contributed by atoms with Crippen LogP contribution in [0.1, 0.15) is 11.3 Å². The molecule has 2 rings (SSSR count). The molecule has 0 spiro atoms. The minimum absolute atomic E-state index is 0.223. The van der Waals surface area contributed by atoms with Crippen molar-refractivity contribution in [2.24, 2.45) is 0 Å².